The maximum atomic E-state index is 13.0. The summed E-state index contributed by atoms with van der Waals surface area (Å²) in [5.41, 5.74) is 0.319. The van der Waals surface area contributed by atoms with Crippen LogP contribution in [-0.2, 0) is 12.7 Å². The van der Waals surface area contributed by atoms with Crippen LogP contribution in [0.15, 0.2) is 65.5 Å². The standard InChI is InChI=1S/C19H14BrF3N4O/c20-16-4-3-13(10-15(16)19(21,22)23)27-18(28)14-2-1-7-25-17(14)26-11-12-5-8-24-9-6-12/h1-10H,11H2,(H,25,26)(H,27,28). The fourth-order valence-corrected chi connectivity index (χ4v) is 2.91. The van der Waals surface area contributed by atoms with Gasteiger partial charge in [0.05, 0.1) is 11.1 Å². The molecule has 144 valence electrons. The number of pyridine rings is 2. The van der Waals surface area contributed by atoms with Gasteiger partial charge in [0.2, 0.25) is 0 Å². The Morgan fingerprint density at radius 2 is 1.82 bits per heavy atom. The van der Waals surface area contributed by atoms with Crippen LogP contribution >= 0.6 is 15.9 Å². The fraction of sp³-hybridized carbons (Fsp3) is 0.105. The lowest BCUT2D eigenvalue weighted by molar-refractivity contribution is -0.138. The highest BCUT2D eigenvalue weighted by atomic mass is 79.9. The third-order valence-electron chi connectivity index (χ3n) is 3.79. The van der Waals surface area contributed by atoms with Gasteiger partial charge in [-0.1, -0.05) is 15.9 Å². The molecule has 0 saturated heterocycles. The van der Waals surface area contributed by atoms with Gasteiger partial charge in [0.15, 0.2) is 0 Å². The first-order chi connectivity index (χ1) is 13.3. The van der Waals surface area contributed by atoms with E-state index in [0.717, 1.165) is 11.6 Å². The summed E-state index contributed by atoms with van der Waals surface area (Å²) in [4.78, 5) is 20.7. The summed E-state index contributed by atoms with van der Waals surface area (Å²) in [6.45, 7) is 0.413. The Kier molecular flexibility index (Phi) is 5.93. The van der Waals surface area contributed by atoms with Crippen molar-refractivity contribution in [2.45, 2.75) is 12.7 Å². The topological polar surface area (TPSA) is 66.9 Å². The number of rotatable bonds is 5. The second-order valence-corrected chi connectivity index (χ2v) is 6.61. The number of hydrogen-bond donors (Lipinski definition) is 2. The van der Waals surface area contributed by atoms with Crippen LogP contribution in [0.5, 0.6) is 0 Å². The van der Waals surface area contributed by atoms with Gasteiger partial charge in [-0.25, -0.2) is 4.98 Å². The van der Waals surface area contributed by atoms with Crippen molar-refractivity contribution >= 4 is 33.3 Å². The van der Waals surface area contributed by atoms with Crippen molar-refractivity contribution in [3.05, 3.63) is 82.2 Å². The van der Waals surface area contributed by atoms with Crippen LogP contribution in [0, 0.1) is 0 Å². The summed E-state index contributed by atoms with van der Waals surface area (Å²) >= 11 is 2.87. The largest absolute Gasteiger partial charge is 0.417 e. The summed E-state index contributed by atoms with van der Waals surface area (Å²) in [6, 6.07) is 10.3. The van der Waals surface area contributed by atoms with Crippen molar-refractivity contribution in [2.75, 3.05) is 10.6 Å². The molecule has 0 aliphatic rings. The monoisotopic (exact) mass is 450 g/mol. The number of nitrogens with zero attached hydrogens (tertiary/aromatic N) is 2. The molecule has 0 spiro atoms. The molecule has 28 heavy (non-hydrogen) atoms. The lowest BCUT2D eigenvalue weighted by Gasteiger charge is -2.13. The van der Waals surface area contributed by atoms with Gasteiger partial charge in [0, 0.05) is 35.3 Å². The van der Waals surface area contributed by atoms with E-state index in [-0.39, 0.29) is 15.7 Å². The third kappa shape index (κ3) is 4.86. The number of anilines is 2. The molecule has 0 aliphatic heterocycles. The van der Waals surface area contributed by atoms with Crippen LogP contribution in [-0.4, -0.2) is 15.9 Å². The third-order valence-corrected chi connectivity index (χ3v) is 4.48. The molecule has 2 heterocycles. The Morgan fingerprint density at radius 1 is 1.07 bits per heavy atom. The van der Waals surface area contributed by atoms with Gasteiger partial charge in [-0.05, 0) is 48.0 Å². The van der Waals surface area contributed by atoms with Gasteiger partial charge in [-0.2, -0.15) is 13.2 Å². The molecule has 0 bridgehead atoms. The molecule has 5 nitrogen and oxygen atoms in total. The molecule has 0 aliphatic carbocycles. The van der Waals surface area contributed by atoms with E-state index >= 15 is 0 Å². The highest BCUT2D eigenvalue weighted by Gasteiger charge is 2.33. The quantitative estimate of drug-likeness (QED) is 0.565. The van der Waals surface area contributed by atoms with Crippen molar-refractivity contribution in [3.8, 4) is 0 Å². The Balaban J connectivity index is 1.78. The Bertz CT molecular complexity index is 980. The van der Waals surface area contributed by atoms with Crippen molar-refractivity contribution in [1.29, 1.82) is 0 Å². The minimum Gasteiger partial charge on any atom is -0.365 e. The number of alkyl halides is 3. The van der Waals surface area contributed by atoms with Crippen molar-refractivity contribution in [1.82, 2.24) is 9.97 Å². The van der Waals surface area contributed by atoms with E-state index in [1.165, 1.54) is 18.3 Å². The number of hydrogen-bond acceptors (Lipinski definition) is 4. The average molecular weight is 451 g/mol. The average Bonchev–Trinajstić information content (AvgIpc) is 2.68. The lowest BCUT2D eigenvalue weighted by Crippen LogP contribution is -2.16. The summed E-state index contributed by atoms with van der Waals surface area (Å²) in [5.74, 6) is -0.245. The highest BCUT2D eigenvalue weighted by Crippen LogP contribution is 2.36. The molecule has 9 heteroatoms. The summed E-state index contributed by atoms with van der Waals surface area (Å²) < 4.78 is 39.0. The predicted molar refractivity (Wildman–Crippen MR) is 103 cm³/mol. The minimum atomic E-state index is -4.54. The molecular formula is C19H14BrF3N4O. The molecule has 3 rings (SSSR count). The number of halogens is 4. The number of carbonyl (C=O) groups is 1. The number of nitrogens with one attached hydrogen (secondary N) is 2. The van der Waals surface area contributed by atoms with Crippen LogP contribution in [0.4, 0.5) is 24.7 Å². The molecule has 0 fully saturated rings. The van der Waals surface area contributed by atoms with E-state index in [9.17, 15) is 18.0 Å². The summed E-state index contributed by atoms with van der Waals surface area (Å²) in [5, 5.41) is 5.54. The molecule has 2 aromatic heterocycles. The van der Waals surface area contributed by atoms with Gasteiger partial charge < -0.3 is 10.6 Å². The van der Waals surface area contributed by atoms with Crippen LogP contribution < -0.4 is 10.6 Å². The zero-order chi connectivity index (χ0) is 20.1. The number of aromatic nitrogens is 2. The van der Waals surface area contributed by atoms with E-state index in [1.807, 2.05) is 12.1 Å². The van der Waals surface area contributed by atoms with E-state index in [0.29, 0.717) is 12.4 Å². The van der Waals surface area contributed by atoms with Gasteiger partial charge in [-0.15, -0.1) is 0 Å². The second-order valence-electron chi connectivity index (χ2n) is 5.76. The fourth-order valence-electron chi connectivity index (χ4n) is 2.43. The summed E-state index contributed by atoms with van der Waals surface area (Å²) in [7, 11) is 0. The first kappa shape index (κ1) is 19.8. The number of carbonyl (C=O) groups excluding carboxylic acids is 1. The lowest BCUT2D eigenvalue weighted by atomic mass is 10.1. The maximum Gasteiger partial charge on any atom is 0.417 e. The molecule has 0 atom stereocenters. The zero-order valence-corrected chi connectivity index (χ0v) is 15.9. The normalized spacial score (nSPS) is 11.1. The zero-order valence-electron chi connectivity index (χ0n) is 14.3. The van der Waals surface area contributed by atoms with Gasteiger partial charge in [0.1, 0.15) is 5.82 Å². The Hall–Kier alpha value is -2.94. The van der Waals surface area contributed by atoms with Crippen molar-refractivity contribution in [3.63, 3.8) is 0 Å². The van der Waals surface area contributed by atoms with E-state index in [1.54, 1.807) is 24.5 Å². The molecule has 0 unspecified atom stereocenters. The Morgan fingerprint density at radius 3 is 2.54 bits per heavy atom. The van der Waals surface area contributed by atoms with E-state index in [4.69, 9.17) is 0 Å². The smallest absolute Gasteiger partial charge is 0.365 e. The first-order valence-electron chi connectivity index (χ1n) is 8.10. The van der Waals surface area contributed by atoms with Gasteiger partial charge >= 0.3 is 6.18 Å². The molecule has 3 aromatic rings. The van der Waals surface area contributed by atoms with Gasteiger partial charge in [-0.3, -0.25) is 9.78 Å². The number of amides is 1. The SMILES string of the molecule is O=C(Nc1ccc(Br)c(C(F)(F)F)c1)c1cccnc1NCc1ccncc1. The van der Waals surface area contributed by atoms with Gasteiger partial charge in [0.25, 0.3) is 5.91 Å². The second kappa shape index (κ2) is 8.39. The minimum absolute atomic E-state index is 0.0319. The van der Waals surface area contributed by atoms with Crippen molar-refractivity contribution in [2.24, 2.45) is 0 Å². The van der Waals surface area contributed by atoms with Crippen LogP contribution in [0.25, 0.3) is 0 Å². The van der Waals surface area contributed by atoms with Crippen LogP contribution in [0.1, 0.15) is 21.5 Å². The highest BCUT2D eigenvalue weighted by molar-refractivity contribution is 9.10. The van der Waals surface area contributed by atoms with Crippen LogP contribution in [0.2, 0.25) is 0 Å². The first-order valence-corrected chi connectivity index (χ1v) is 8.90. The molecular weight excluding hydrogens is 437 g/mol. The molecule has 0 radical (unpaired) electrons. The molecule has 2 N–H and O–H groups in total. The van der Waals surface area contributed by atoms with Crippen LogP contribution in [0.3, 0.4) is 0 Å². The maximum absolute atomic E-state index is 13.0. The summed E-state index contributed by atoms with van der Waals surface area (Å²) in [6.07, 6.45) is 0.280. The Labute approximate surface area is 167 Å². The number of benzene rings is 1. The predicted octanol–water partition coefficient (Wildman–Crippen LogP) is 5.12. The van der Waals surface area contributed by atoms with E-state index in [2.05, 4.69) is 36.5 Å². The van der Waals surface area contributed by atoms with Crippen molar-refractivity contribution < 1.29 is 18.0 Å². The molecule has 1 amide bonds. The molecule has 1 aromatic carbocycles. The van der Waals surface area contributed by atoms with E-state index < -0.39 is 17.6 Å². The molecule has 0 saturated carbocycles.